The molecule has 0 bridgehead atoms. The molecule has 3 aliphatic heterocycles. The van der Waals surface area contributed by atoms with Crippen LogP contribution < -0.4 is 26.5 Å². The highest BCUT2D eigenvalue weighted by atomic mass is 16.5. The van der Waals surface area contributed by atoms with Crippen LogP contribution in [0.15, 0.2) is 65.6 Å². The molecule has 10 nitrogen and oxygen atoms in total. The van der Waals surface area contributed by atoms with Crippen molar-refractivity contribution in [3.05, 3.63) is 82.3 Å². The summed E-state index contributed by atoms with van der Waals surface area (Å²) in [6.07, 6.45) is 8.07. The molecule has 2 aromatic carbocycles. The monoisotopic (exact) mass is 607 g/mol. The van der Waals surface area contributed by atoms with Crippen LogP contribution in [0.4, 0.5) is 11.6 Å². The van der Waals surface area contributed by atoms with E-state index in [4.69, 9.17) is 14.5 Å². The number of anilines is 2. The highest BCUT2D eigenvalue weighted by Crippen LogP contribution is 2.31. The van der Waals surface area contributed by atoms with Crippen molar-refractivity contribution >= 4 is 28.4 Å². The molecule has 4 aromatic rings. The van der Waals surface area contributed by atoms with E-state index in [1.165, 1.54) is 0 Å². The lowest BCUT2D eigenvalue weighted by Gasteiger charge is -2.29. The Bertz CT molecular complexity index is 1750. The molecule has 2 saturated heterocycles. The molecular formula is C35H41N7O3. The van der Waals surface area contributed by atoms with Crippen molar-refractivity contribution in [2.45, 2.75) is 45.3 Å². The number of pyridine rings is 1. The highest BCUT2D eigenvalue weighted by molar-refractivity contribution is 5.87. The number of fused-ring (bicyclic) bond motifs is 1. The van der Waals surface area contributed by atoms with E-state index >= 15 is 0 Å². The highest BCUT2D eigenvalue weighted by Gasteiger charge is 2.22. The zero-order chi connectivity index (χ0) is 30.8. The molecule has 7 rings (SSSR count). The Hall–Kier alpha value is -4.25. The number of benzene rings is 2. The maximum Gasteiger partial charge on any atom is 0.260 e. The van der Waals surface area contributed by atoms with E-state index < -0.39 is 0 Å². The molecule has 234 valence electrons. The molecule has 0 amide bonds. The molecule has 3 N–H and O–H groups in total. The molecule has 0 radical (unpaired) electrons. The summed E-state index contributed by atoms with van der Waals surface area (Å²) in [5.41, 5.74) is 12.5. The van der Waals surface area contributed by atoms with Gasteiger partial charge >= 0.3 is 0 Å². The minimum atomic E-state index is -0.0503. The smallest absolute Gasteiger partial charge is 0.260 e. The van der Waals surface area contributed by atoms with E-state index in [1.807, 2.05) is 47.2 Å². The van der Waals surface area contributed by atoms with Crippen LogP contribution in [0.1, 0.15) is 36.8 Å². The minimum Gasteiger partial charge on any atom is -0.490 e. The molecule has 45 heavy (non-hydrogen) atoms. The molecule has 2 aromatic heterocycles. The van der Waals surface area contributed by atoms with E-state index in [9.17, 15) is 4.79 Å². The van der Waals surface area contributed by atoms with E-state index in [1.54, 1.807) is 0 Å². The Balaban J connectivity index is 1.21. The van der Waals surface area contributed by atoms with Crippen LogP contribution in [0.3, 0.4) is 0 Å². The number of aryl methyl sites for hydroxylation is 1. The van der Waals surface area contributed by atoms with E-state index in [0.29, 0.717) is 42.8 Å². The SMILES string of the molecule is Cc1ccc(-c2cc3cnc(Nc4ccc(OC5CCN(C)CC5)cc4)nc3n(CC3CCOCC3)c2=O)c(C2=CCNN2)c1. The normalized spacial score (nSPS) is 18.1. The lowest BCUT2D eigenvalue weighted by atomic mass is 9.95. The van der Waals surface area contributed by atoms with Crippen molar-refractivity contribution in [2.75, 3.05) is 45.2 Å². The Kier molecular flexibility index (Phi) is 8.51. The number of piperidine rings is 1. The van der Waals surface area contributed by atoms with Crippen LogP contribution in [-0.2, 0) is 11.3 Å². The summed E-state index contributed by atoms with van der Waals surface area (Å²) in [5, 5.41) is 4.16. The summed E-state index contributed by atoms with van der Waals surface area (Å²) >= 11 is 0. The number of rotatable bonds is 8. The second-order valence-corrected chi connectivity index (χ2v) is 12.4. The third-order valence-corrected chi connectivity index (χ3v) is 9.07. The van der Waals surface area contributed by atoms with Crippen LogP contribution in [-0.4, -0.2) is 65.4 Å². The van der Waals surface area contributed by atoms with Gasteiger partial charge in [-0.05, 0) is 93.6 Å². The number of hydrogen-bond donors (Lipinski definition) is 3. The second kappa shape index (κ2) is 13.0. The fraction of sp³-hybridized carbons (Fsp3) is 0.400. The van der Waals surface area contributed by atoms with E-state index in [0.717, 1.165) is 84.5 Å². The van der Waals surface area contributed by atoms with Gasteiger partial charge in [-0.25, -0.2) is 10.4 Å². The Morgan fingerprint density at radius 3 is 2.56 bits per heavy atom. The maximum absolute atomic E-state index is 14.4. The first-order chi connectivity index (χ1) is 22.0. The number of hydrogen-bond acceptors (Lipinski definition) is 9. The van der Waals surface area contributed by atoms with Crippen molar-refractivity contribution in [1.82, 2.24) is 30.3 Å². The van der Waals surface area contributed by atoms with Gasteiger partial charge in [0.05, 0.1) is 5.70 Å². The lowest BCUT2D eigenvalue weighted by Crippen LogP contribution is -2.35. The fourth-order valence-corrected chi connectivity index (χ4v) is 6.45. The summed E-state index contributed by atoms with van der Waals surface area (Å²) in [6, 6.07) is 16.1. The molecule has 0 spiro atoms. The number of hydrazine groups is 1. The predicted octanol–water partition coefficient (Wildman–Crippen LogP) is 4.86. The second-order valence-electron chi connectivity index (χ2n) is 12.4. The Labute approximate surface area is 263 Å². The van der Waals surface area contributed by atoms with Crippen molar-refractivity contribution in [3.8, 4) is 16.9 Å². The van der Waals surface area contributed by atoms with Gasteiger partial charge in [0.2, 0.25) is 5.95 Å². The summed E-state index contributed by atoms with van der Waals surface area (Å²) in [7, 11) is 2.15. The third kappa shape index (κ3) is 6.58. The minimum absolute atomic E-state index is 0.0503. The van der Waals surface area contributed by atoms with Gasteiger partial charge in [-0.2, -0.15) is 4.98 Å². The number of likely N-dealkylation sites (tertiary alicyclic amines) is 1. The van der Waals surface area contributed by atoms with Crippen LogP contribution in [0.5, 0.6) is 5.75 Å². The van der Waals surface area contributed by atoms with Gasteiger partial charge in [0.15, 0.2) is 0 Å². The summed E-state index contributed by atoms with van der Waals surface area (Å²) in [5.74, 6) is 1.64. The van der Waals surface area contributed by atoms with Crippen LogP contribution in [0, 0.1) is 12.8 Å². The van der Waals surface area contributed by atoms with E-state index in [2.05, 4.69) is 58.2 Å². The van der Waals surface area contributed by atoms with Crippen LogP contribution >= 0.6 is 0 Å². The zero-order valence-corrected chi connectivity index (χ0v) is 26.0. The molecule has 2 fully saturated rings. The van der Waals surface area contributed by atoms with Gasteiger partial charge in [-0.15, -0.1) is 0 Å². The topological polar surface area (TPSA) is 106 Å². The van der Waals surface area contributed by atoms with Gasteiger partial charge < -0.3 is 25.1 Å². The number of ether oxygens (including phenoxy) is 2. The van der Waals surface area contributed by atoms with Crippen LogP contribution in [0.25, 0.3) is 27.9 Å². The lowest BCUT2D eigenvalue weighted by molar-refractivity contribution is 0.0613. The molecule has 0 unspecified atom stereocenters. The number of nitrogens with zero attached hydrogens (tertiary/aromatic N) is 4. The van der Waals surface area contributed by atoms with Crippen LogP contribution in [0.2, 0.25) is 0 Å². The molecule has 0 saturated carbocycles. The number of aromatic nitrogens is 3. The third-order valence-electron chi connectivity index (χ3n) is 9.07. The van der Waals surface area contributed by atoms with Crippen molar-refractivity contribution in [2.24, 2.45) is 5.92 Å². The molecular weight excluding hydrogens is 566 g/mol. The average molecular weight is 608 g/mol. The van der Waals surface area contributed by atoms with Gasteiger partial charge in [0, 0.05) is 67.8 Å². The molecule has 10 heteroatoms. The maximum atomic E-state index is 14.4. The van der Waals surface area contributed by atoms with E-state index in [-0.39, 0.29) is 11.7 Å². The van der Waals surface area contributed by atoms with Gasteiger partial charge in [0.1, 0.15) is 17.5 Å². The van der Waals surface area contributed by atoms with Crippen molar-refractivity contribution < 1.29 is 9.47 Å². The van der Waals surface area contributed by atoms with Gasteiger partial charge in [0.25, 0.3) is 5.56 Å². The first kappa shape index (κ1) is 29.5. The molecule has 0 aliphatic carbocycles. The first-order valence-electron chi connectivity index (χ1n) is 16.0. The first-order valence-corrected chi connectivity index (χ1v) is 16.0. The number of nitrogens with one attached hydrogen (secondary N) is 3. The predicted molar refractivity (Wildman–Crippen MR) is 178 cm³/mol. The largest absolute Gasteiger partial charge is 0.490 e. The van der Waals surface area contributed by atoms with Gasteiger partial charge in [-0.1, -0.05) is 17.7 Å². The summed E-state index contributed by atoms with van der Waals surface area (Å²) in [6.45, 7) is 6.92. The summed E-state index contributed by atoms with van der Waals surface area (Å²) < 4.78 is 13.7. The van der Waals surface area contributed by atoms with Crippen molar-refractivity contribution in [3.63, 3.8) is 0 Å². The van der Waals surface area contributed by atoms with Gasteiger partial charge in [-0.3, -0.25) is 9.36 Å². The Morgan fingerprint density at radius 2 is 1.80 bits per heavy atom. The standard InChI is InChI=1S/C35H41N7O3/c1-23-3-8-29(30(19-23)32-9-14-37-40-32)31-20-25-21-36-35(39-33(25)42(34(31)43)22-24-12-17-44-18-13-24)38-26-4-6-27(7-5-26)45-28-10-15-41(2)16-11-28/h3-9,19-21,24,28,37,40H,10-18,22H2,1-2H3,(H,36,38,39). The molecule has 5 heterocycles. The molecule has 0 atom stereocenters. The average Bonchev–Trinajstić information content (AvgIpc) is 3.60. The summed E-state index contributed by atoms with van der Waals surface area (Å²) in [4.78, 5) is 26.3. The van der Waals surface area contributed by atoms with Crippen molar-refractivity contribution in [1.29, 1.82) is 0 Å². The molecule has 3 aliphatic rings. The Morgan fingerprint density at radius 1 is 1.00 bits per heavy atom. The zero-order valence-electron chi connectivity index (χ0n) is 26.0. The fourth-order valence-electron chi connectivity index (χ4n) is 6.45. The quantitative estimate of drug-likeness (QED) is 0.259.